The van der Waals surface area contributed by atoms with Crippen molar-refractivity contribution in [1.29, 1.82) is 0 Å². The molecule has 26 heavy (non-hydrogen) atoms. The number of piperazine rings is 1. The van der Waals surface area contributed by atoms with Crippen LogP contribution in [-0.4, -0.2) is 66.4 Å². The molecule has 2 heterocycles. The van der Waals surface area contributed by atoms with Crippen molar-refractivity contribution in [3.63, 3.8) is 0 Å². The Kier molecular flexibility index (Phi) is 4.07. The van der Waals surface area contributed by atoms with E-state index in [-0.39, 0.29) is 30.2 Å². The van der Waals surface area contributed by atoms with Crippen LogP contribution in [0.3, 0.4) is 0 Å². The van der Waals surface area contributed by atoms with Crippen LogP contribution in [0.5, 0.6) is 0 Å². The minimum atomic E-state index is -3.29. The van der Waals surface area contributed by atoms with Crippen molar-refractivity contribution >= 4 is 27.5 Å². The van der Waals surface area contributed by atoms with Crippen LogP contribution in [0, 0.1) is 0 Å². The van der Waals surface area contributed by atoms with E-state index in [0.717, 1.165) is 18.5 Å². The highest BCUT2D eigenvalue weighted by Crippen LogP contribution is 2.39. The summed E-state index contributed by atoms with van der Waals surface area (Å²) in [6.45, 7) is 2.43. The lowest BCUT2D eigenvalue weighted by atomic mass is 9.92. The van der Waals surface area contributed by atoms with Crippen LogP contribution in [0.15, 0.2) is 30.3 Å². The zero-order valence-corrected chi connectivity index (χ0v) is 15.6. The maximum Gasteiger partial charge on any atom is 0.246 e. The van der Waals surface area contributed by atoms with Crippen molar-refractivity contribution in [2.45, 2.75) is 37.0 Å². The number of para-hydroxylation sites is 1. The number of amides is 2. The van der Waals surface area contributed by atoms with Gasteiger partial charge in [0.05, 0.1) is 17.3 Å². The van der Waals surface area contributed by atoms with Crippen LogP contribution in [0.25, 0.3) is 0 Å². The molecule has 8 heteroatoms. The summed E-state index contributed by atoms with van der Waals surface area (Å²) < 4.78 is 26.8. The fraction of sp³-hybridized carbons (Fsp3) is 0.556. The Morgan fingerprint density at radius 3 is 2.46 bits per heavy atom. The van der Waals surface area contributed by atoms with E-state index in [1.165, 1.54) is 11.2 Å². The lowest BCUT2D eigenvalue weighted by Crippen LogP contribution is -2.67. The highest BCUT2D eigenvalue weighted by molar-refractivity contribution is 7.90. The smallest absolute Gasteiger partial charge is 0.246 e. The van der Waals surface area contributed by atoms with Crippen LogP contribution >= 0.6 is 0 Å². The van der Waals surface area contributed by atoms with E-state index >= 15 is 0 Å². The van der Waals surface area contributed by atoms with Gasteiger partial charge in [-0.3, -0.25) is 9.59 Å². The van der Waals surface area contributed by atoms with Crippen LogP contribution in [0.2, 0.25) is 0 Å². The quantitative estimate of drug-likeness (QED) is 0.781. The molecule has 2 aliphatic heterocycles. The molecule has 0 N–H and O–H groups in total. The molecule has 4 rings (SSSR count). The number of carbonyl (C=O) groups is 2. The van der Waals surface area contributed by atoms with E-state index in [4.69, 9.17) is 0 Å². The van der Waals surface area contributed by atoms with Crippen molar-refractivity contribution in [3.05, 3.63) is 30.3 Å². The molecule has 1 aromatic carbocycles. The summed E-state index contributed by atoms with van der Waals surface area (Å²) in [6, 6.07) is 9.34. The summed E-state index contributed by atoms with van der Waals surface area (Å²) in [6.07, 6.45) is 1.99. The largest absolute Gasteiger partial charge is 0.325 e. The third-order valence-electron chi connectivity index (χ3n) is 5.67. The van der Waals surface area contributed by atoms with E-state index in [9.17, 15) is 18.0 Å². The Balaban J connectivity index is 1.65. The summed E-state index contributed by atoms with van der Waals surface area (Å²) in [4.78, 5) is 28.2. The standard InChI is InChI=1S/C18H23N3O4S/c1-14(22)21-11-17(23)20(15-5-3-2-4-6-15)13-18(21)9-10-19(12-18)26(24,25)16-7-8-16/h2-6,16H,7-13H2,1H3/t18-/m0/s1. The van der Waals surface area contributed by atoms with Crippen molar-refractivity contribution in [2.75, 3.05) is 31.1 Å². The SMILES string of the molecule is CC(=O)N1CC(=O)N(c2ccccc2)C[C@@]12CCN(S(=O)(=O)C1CC1)C2. The molecule has 2 amide bonds. The van der Waals surface area contributed by atoms with Gasteiger partial charge in [-0.1, -0.05) is 18.2 Å². The Morgan fingerprint density at radius 1 is 1.15 bits per heavy atom. The van der Waals surface area contributed by atoms with Crippen LogP contribution in [-0.2, 0) is 19.6 Å². The summed E-state index contributed by atoms with van der Waals surface area (Å²) in [5, 5.41) is -0.265. The van der Waals surface area contributed by atoms with Crippen LogP contribution < -0.4 is 4.90 Å². The molecule has 2 saturated heterocycles. The monoisotopic (exact) mass is 377 g/mol. The number of anilines is 1. The number of hydrogen-bond acceptors (Lipinski definition) is 4. The van der Waals surface area contributed by atoms with E-state index in [2.05, 4.69) is 0 Å². The van der Waals surface area contributed by atoms with Gasteiger partial charge in [-0.05, 0) is 31.4 Å². The minimum Gasteiger partial charge on any atom is -0.325 e. The molecule has 0 bridgehead atoms. The van der Waals surface area contributed by atoms with Crippen molar-refractivity contribution in [3.8, 4) is 0 Å². The molecule has 1 aromatic rings. The molecule has 1 aliphatic carbocycles. The van der Waals surface area contributed by atoms with E-state index in [1.807, 2.05) is 30.3 Å². The van der Waals surface area contributed by atoms with Gasteiger partial charge in [0.2, 0.25) is 21.8 Å². The number of nitrogens with zero attached hydrogens (tertiary/aromatic N) is 3. The highest BCUT2D eigenvalue weighted by atomic mass is 32.2. The molecule has 7 nitrogen and oxygen atoms in total. The summed E-state index contributed by atoms with van der Waals surface area (Å²) in [5.41, 5.74) is 0.126. The van der Waals surface area contributed by atoms with Gasteiger partial charge in [0, 0.05) is 25.7 Å². The van der Waals surface area contributed by atoms with E-state index in [1.54, 1.807) is 9.80 Å². The number of rotatable bonds is 3. The molecule has 3 fully saturated rings. The molecule has 1 atom stereocenters. The number of hydrogen-bond donors (Lipinski definition) is 0. The number of benzene rings is 1. The molecule has 3 aliphatic rings. The maximum absolute atomic E-state index is 12.7. The molecule has 140 valence electrons. The van der Waals surface area contributed by atoms with E-state index < -0.39 is 15.6 Å². The predicted octanol–water partition coefficient (Wildman–Crippen LogP) is 0.818. The topological polar surface area (TPSA) is 78.0 Å². The Hall–Kier alpha value is -1.93. The van der Waals surface area contributed by atoms with Gasteiger partial charge < -0.3 is 9.80 Å². The van der Waals surface area contributed by atoms with Gasteiger partial charge in [0.15, 0.2) is 0 Å². The molecular weight excluding hydrogens is 354 g/mol. The Labute approximate surface area is 153 Å². The van der Waals surface area contributed by atoms with Gasteiger partial charge in [0.1, 0.15) is 6.54 Å². The summed E-state index contributed by atoms with van der Waals surface area (Å²) in [7, 11) is -3.29. The summed E-state index contributed by atoms with van der Waals surface area (Å²) in [5.74, 6) is -0.322. The van der Waals surface area contributed by atoms with Crippen molar-refractivity contribution in [1.82, 2.24) is 9.21 Å². The average molecular weight is 377 g/mol. The van der Waals surface area contributed by atoms with Crippen molar-refractivity contribution < 1.29 is 18.0 Å². The summed E-state index contributed by atoms with van der Waals surface area (Å²) >= 11 is 0. The molecule has 1 saturated carbocycles. The lowest BCUT2D eigenvalue weighted by molar-refractivity contribution is -0.142. The second kappa shape index (κ2) is 6.06. The highest BCUT2D eigenvalue weighted by Gasteiger charge is 2.54. The van der Waals surface area contributed by atoms with Gasteiger partial charge >= 0.3 is 0 Å². The third-order valence-corrected chi connectivity index (χ3v) is 8.02. The number of carbonyl (C=O) groups excluding carboxylic acids is 2. The first-order valence-corrected chi connectivity index (χ1v) is 10.5. The number of sulfonamides is 1. The minimum absolute atomic E-state index is 0.0124. The Morgan fingerprint density at radius 2 is 1.85 bits per heavy atom. The molecule has 1 spiro atoms. The molecule has 0 aromatic heterocycles. The fourth-order valence-corrected chi connectivity index (χ4v) is 6.03. The van der Waals surface area contributed by atoms with E-state index in [0.29, 0.717) is 19.5 Å². The first kappa shape index (κ1) is 17.5. The van der Waals surface area contributed by atoms with Crippen LogP contribution in [0.1, 0.15) is 26.2 Å². The van der Waals surface area contributed by atoms with Gasteiger partial charge in [0.25, 0.3) is 0 Å². The first-order valence-electron chi connectivity index (χ1n) is 8.96. The second-order valence-electron chi connectivity index (χ2n) is 7.47. The lowest BCUT2D eigenvalue weighted by Gasteiger charge is -2.48. The fourth-order valence-electron chi connectivity index (χ4n) is 4.11. The van der Waals surface area contributed by atoms with Gasteiger partial charge in [-0.2, -0.15) is 4.31 Å². The maximum atomic E-state index is 12.7. The third kappa shape index (κ3) is 2.81. The zero-order valence-electron chi connectivity index (χ0n) is 14.8. The van der Waals surface area contributed by atoms with Crippen LogP contribution in [0.4, 0.5) is 5.69 Å². The van der Waals surface area contributed by atoms with Gasteiger partial charge in [-0.15, -0.1) is 0 Å². The van der Waals surface area contributed by atoms with Gasteiger partial charge in [-0.25, -0.2) is 8.42 Å². The molecule has 0 unspecified atom stereocenters. The molecular formula is C18H23N3O4S. The zero-order chi connectivity index (χ0) is 18.5. The van der Waals surface area contributed by atoms with Crippen molar-refractivity contribution in [2.24, 2.45) is 0 Å². The average Bonchev–Trinajstić information content (AvgIpc) is 3.39. The normalized spacial score (nSPS) is 27.3. The predicted molar refractivity (Wildman–Crippen MR) is 97.0 cm³/mol. The Bertz CT molecular complexity index is 837. The first-order chi connectivity index (χ1) is 12.3. The molecule has 0 radical (unpaired) electrons. The second-order valence-corrected chi connectivity index (χ2v) is 9.69.